The van der Waals surface area contributed by atoms with E-state index in [0.29, 0.717) is 6.42 Å². The predicted octanol–water partition coefficient (Wildman–Crippen LogP) is 1.16. The Morgan fingerprint density at radius 1 is 1.32 bits per heavy atom. The molecule has 1 N–H and O–H groups in total. The molecule has 1 saturated heterocycles. The van der Waals surface area contributed by atoms with Gasteiger partial charge >= 0.3 is 0 Å². The van der Waals surface area contributed by atoms with E-state index in [-0.39, 0.29) is 5.91 Å². The summed E-state index contributed by atoms with van der Waals surface area (Å²) in [6.45, 7) is 7.60. The van der Waals surface area contributed by atoms with E-state index in [1.54, 1.807) is 0 Å². The van der Waals surface area contributed by atoms with Crippen LogP contribution < -0.4 is 5.32 Å². The number of carbonyl (C=O) groups excluding carboxylic acids is 1. The highest BCUT2D eigenvalue weighted by Gasteiger charge is 2.21. The van der Waals surface area contributed by atoms with Crippen LogP contribution in [0.4, 0.5) is 0 Å². The van der Waals surface area contributed by atoms with Gasteiger partial charge in [-0.1, -0.05) is 19.0 Å². The fraction of sp³-hybridized carbons (Fsp3) is 0.714. The van der Waals surface area contributed by atoms with Crippen LogP contribution >= 0.6 is 0 Å². The van der Waals surface area contributed by atoms with Crippen LogP contribution in [0.3, 0.4) is 0 Å². The number of nitrogens with zero attached hydrogens (tertiary/aromatic N) is 2. The van der Waals surface area contributed by atoms with Gasteiger partial charge in [0.25, 0.3) is 0 Å². The minimum absolute atomic E-state index is 0.191. The second-order valence-corrected chi connectivity index (χ2v) is 4.90. The predicted molar refractivity (Wildman–Crippen MR) is 73.0 cm³/mol. The summed E-state index contributed by atoms with van der Waals surface area (Å²) in [6, 6.07) is 0. The Balaban J connectivity index is 2.06. The summed E-state index contributed by atoms with van der Waals surface area (Å²) in [5.41, 5.74) is 1.94. The molecule has 1 amide bonds. The summed E-state index contributed by atoms with van der Waals surface area (Å²) in [6.07, 6.45) is 3.05. The highest BCUT2D eigenvalue weighted by Crippen LogP contribution is 2.17. The molecule has 5 heteroatoms. The Kier molecular flexibility index (Phi) is 4.96. The lowest BCUT2D eigenvalue weighted by molar-refractivity contribution is -0.130. The third kappa shape index (κ3) is 3.35. The zero-order valence-electron chi connectivity index (χ0n) is 11.9. The van der Waals surface area contributed by atoms with E-state index >= 15 is 0 Å². The van der Waals surface area contributed by atoms with Crippen molar-refractivity contribution in [1.29, 1.82) is 0 Å². The fourth-order valence-corrected chi connectivity index (χ4v) is 2.50. The number of carbonyl (C=O) groups is 1. The Labute approximate surface area is 114 Å². The van der Waals surface area contributed by atoms with Gasteiger partial charge in [0.05, 0.1) is 12.1 Å². The van der Waals surface area contributed by atoms with Crippen molar-refractivity contribution in [2.24, 2.45) is 0 Å². The van der Waals surface area contributed by atoms with Gasteiger partial charge in [0.1, 0.15) is 5.76 Å². The maximum absolute atomic E-state index is 12.4. The highest BCUT2D eigenvalue weighted by atomic mass is 16.5. The van der Waals surface area contributed by atoms with Gasteiger partial charge < -0.3 is 14.7 Å². The summed E-state index contributed by atoms with van der Waals surface area (Å²) >= 11 is 0. The van der Waals surface area contributed by atoms with Gasteiger partial charge in [-0.2, -0.15) is 0 Å². The number of aromatic nitrogens is 1. The van der Waals surface area contributed by atoms with Crippen molar-refractivity contribution in [3.05, 3.63) is 17.0 Å². The maximum Gasteiger partial charge on any atom is 0.227 e. The van der Waals surface area contributed by atoms with Crippen LogP contribution in [0.5, 0.6) is 0 Å². The molecule has 1 fully saturated rings. The quantitative estimate of drug-likeness (QED) is 0.887. The first-order chi connectivity index (χ1) is 9.26. The summed E-state index contributed by atoms with van der Waals surface area (Å²) in [7, 11) is 0. The molecule has 0 bridgehead atoms. The summed E-state index contributed by atoms with van der Waals surface area (Å²) in [5, 5.41) is 7.38. The molecule has 2 rings (SSSR count). The van der Waals surface area contributed by atoms with Crippen LogP contribution in [-0.2, 0) is 24.1 Å². The Morgan fingerprint density at radius 2 is 2.16 bits per heavy atom. The van der Waals surface area contributed by atoms with Gasteiger partial charge in [0.15, 0.2) is 0 Å². The topological polar surface area (TPSA) is 58.4 Å². The fourth-order valence-electron chi connectivity index (χ4n) is 2.50. The number of hydrogen-bond acceptors (Lipinski definition) is 4. The third-order valence-corrected chi connectivity index (χ3v) is 3.63. The number of hydrogen-bond donors (Lipinski definition) is 1. The SMILES string of the molecule is CCc1noc(CC)c1CC(=O)N1CCCNCC1. The molecule has 1 aromatic heterocycles. The molecular formula is C14H23N3O2. The Hall–Kier alpha value is -1.36. The molecule has 0 radical (unpaired) electrons. The first kappa shape index (κ1) is 14.1. The van der Waals surface area contributed by atoms with Crippen molar-refractivity contribution in [3.63, 3.8) is 0 Å². The molecule has 5 nitrogen and oxygen atoms in total. The van der Waals surface area contributed by atoms with E-state index in [9.17, 15) is 4.79 Å². The molecule has 2 heterocycles. The molecule has 0 unspecified atom stereocenters. The van der Waals surface area contributed by atoms with Crippen LogP contribution in [0.2, 0.25) is 0 Å². The van der Waals surface area contributed by atoms with E-state index in [1.165, 1.54) is 0 Å². The number of rotatable bonds is 4. The molecule has 1 aliphatic rings. The normalized spacial score (nSPS) is 16.4. The lowest BCUT2D eigenvalue weighted by Gasteiger charge is -2.19. The van der Waals surface area contributed by atoms with E-state index in [2.05, 4.69) is 10.5 Å². The molecule has 1 aromatic rings. The molecule has 0 aromatic carbocycles. The first-order valence-corrected chi connectivity index (χ1v) is 7.21. The maximum atomic E-state index is 12.4. The second kappa shape index (κ2) is 6.70. The lowest BCUT2D eigenvalue weighted by atomic mass is 10.1. The Bertz CT molecular complexity index is 399. The molecule has 1 aliphatic heterocycles. The number of aryl methyl sites for hydroxylation is 2. The van der Waals surface area contributed by atoms with Crippen molar-refractivity contribution >= 4 is 5.91 Å². The van der Waals surface area contributed by atoms with Gasteiger partial charge in [-0.15, -0.1) is 0 Å². The third-order valence-electron chi connectivity index (χ3n) is 3.63. The van der Waals surface area contributed by atoms with Crippen LogP contribution in [-0.4, -0.2) is 42.1 Å². The number of nitrogens with one attached hydrogen (secondary N) is 1. The monoisotopic (exact) mass is 265 g/mol. The lowest BCUT2D eigenvalue weighted by Crippen LogP contribution is -2.35. The van der Waals surface area contributed by atoms with Gasteiger partial charge in [0, 0.05) is 31.6 Å². The minimum atomic E-state index is 0.191. The number of amides is 1. The van der Waals surface area contributed by atoms with Crippen molar-refractivity contribution in [3.8, 4) is 0 Å². The van der Waals surface area contributed by atoms with Gasteiger partial charge in [-0.3, -0.25) is 4.79 Å². The van der Waals surface area contributed by atoms with Gasteiger partial charge in [-0.05, 0) is 19.4 Å². The molecule has 106 valence electrons. The van der Waals surface area contributed by atoms with Crippen LogP contribution in [0, 0.1) is 0 Å². The van der Waals surface area contributed by atoms with Gasteiger partial charge in [0.2, 0.25) is 5.91 Å². The van der Waals surface area contributed by atoms with Crippen LogP contribution in [0.25, 0.3) is 0 Å². The smallest absolute Gasteiger partial charge is 0.227 e. The molecular weight excluding hydrogens is 242 g/mol. The van der Waals surface area contributed by atoms with Crippen LogP contribution in [0.15, 0.2) is 4.52 Å². The van der Waals surface area contributed by atoms with Crippen molar-refractivity contribution in [1.82, 2.24) is 15.4 Å². The largest absolute Gasteiger partial charge is 0.361 e. The van der Waals surface area contributed by atoms with Crippen molar-refractivity contribution < 1.29 is 9.32 Å². The molecule has 19 heavy (non-hydrogen) atoms. The summed E-state index contributed by atoms with van der Waals surface area (Å²) in [4.78, 5) is 14.3. The average Bonchev–Trinajstić information content (AvgIpc) is 2.64. The van der Waals surface area contributed by atoms with Gasteiger partial charge in [-0.25, -0.2) is 0 Å². The first-order valence-electron chi connectivity index (χ1n) is 7.21. The highest BCUT2D eigenvalue weighted by molar-refractivity contribution is 5.79. The molecule has 0 spiro atoms. The summed E-state index contributed by atoms with van der Waals surface area (Å²) < 4.78 is 5.32. The zero-order valence-corrected chi connectivity index (χ0v) is 11.9. The van der Waals surface area contributed by atoms with E-state index in [0.717, 1.165) is 62.5 Å². The molecule has 0 atom stereocenters. The molecule has 0 aliphatic carbocycles. The van der Waals surface area contributed by atoms with E-state index in [1.807, 2.05) is 18.7 Å². The van der Waals surface area contributed by atoms with Crippen molar-refractivity contribution in [2.45, 2.75) is 39.5 Å². The molecule has 0 saturated carbocycles. The van der Waals surface area contributed by atoms with Crippen LogP contribution in [0.1, 0.15) is 37.3 Å². The van der Waals surface area contributed by atoms with E-state index in [4.69, 9.17) is 4.52 Å². The zero-order chi connectivity index (χ0) is 13.7. The Morgan fingerprint density at radius 3 is 2.89 bits per heavy atom. The minimum Gasteiger partial charge on any atom is -0.361 e. The van der Waals surface area contributed by atoms with Crippen molar-refractivity contribution in [2.75, 3.05) is 26.2 Å². The second-order valence-electron chi connectivity index (χ2n) is 4.90. The standard InChI is InChI=1S/C14H23N3O2/c1-3-12-11(13(4-2)19-16-12)10-14(18)17-8-5-6-15-7-9-17/h15H,3-10H2,1-2H3. The van der Waals surface area contributed by atoms with E-state index < -0.39 is 0 Å². The average molecular weight is 265 g/mol. The summed E-state index contributed by atoms with van der Waals surface area (Å²) in [5.74, 6) is 1.05.